The minimum absolute atomic E-state index is 0.0210. The Bertz CT molecular complexity index is 515. The van der Waals surface area contributed by atoms with Gasteiger partial charge in [0.25, 0.3) is 0 Å². The summed E-state index contributed by atoms with van der Waals surface area (Å²) in [6, 6.07) is 8.31. The molecule has 0 fully saturated rings. The SMILES string of the molecule is CCNC(c1ccccc1SC)c1nccnc1OC. The molecule has 1 aromatic heterocycles. The topological polar surface area (TPSA) is 47.0 Å². The van der Waals surface area contributed by atoms with Gasteiger partial charge in [-0.1, -0.05) is 25.1 Å². The Labute approximate surface area is 124 Å². The highest BCUT2D eigenvalue weighted by molar-refractivity contribution is 7.98. The van der Waals surface area contributed by atoms with E-state index in [9.17, 15) is 0 Å². The number of aromatic nitrogens is 2. The first-order valence-corrected chi connectivity index (χ1v) is 7.75. The molecule has 0 aliphatic carbocycles. The molecule has 0 saturated heterocycles. The van der Waals surface area contributed by atoms with Crippen molar-refractivity contribution in [1.29, 1.82) is 0 Å². The largest absolute Gasteiger partial charge is 0.480 e. The summed E-state index contributed by atoms with van der Waals surface area (Å²) in [6.45, 7) is 2.92. The minimum atomic E-state index is -0.0210. The van der Waals surface area contributed by atoms with Crippen LogP contribution in [0.5, 0.6) is 5.88 Å². The Kier molecular flexibility index (Phi) is 5.38. The molecule has 0 saturated carbocycles. The number of thioether (sulfide) groups is 1. The zero-order valence-electron chi connectivity index (χ0n) is 12.0. The van der Waals surface area contributed by atoms with Gasteiger partial charge >= 0.3 is 0 Å². The fourth-order valence-corrected chi connectivity index (χ4v) is 2.79. The van der Waals surface area contributed by atoms with Crippen molar-refractivity contribution in [2.75, 3.05) is 19.9 Å². The van der Waals surface area contributed by atoms with Gasteiger partial charge in [-0.3, -0.25) is 4.98 Å². The van der Waals surface area contributed by atoms with Crippen LogP contribution < -0.4 is 10.1 Å². The molecule has 1 aromatic carbocycles. The molecule has 4 nitrogen and oxygen atoms in total. The van der Waals surface area contributed by atoms with Crippen LogP contribution in [0.1, 0.15) is 24.2 Å². The van der Waals surface area contributed by atoms with E-state index in [1.165, 1.54) is 10.5 Å². The maximum absolute atomic E-state index is 5.35. The van der Waals surface area contributed by atoms with Crippen LogP contribution in [-0.4, -0.2) is 29.9 Å². The molecule has 0 bridgehead atoms. The molecule has 5 heteroatoms. The first-order valence-electron chi connectivity index (χ1n) is 6.53. The molecule has 1 N–H and O–H groups in total. The van der Waals surface area contributed by atoms with Crippen LogP contribution in [0.15, 0.2) is 41.6 Å². The normalized spacial score (nSPS) is 12.2. The van der Waals surface area contributed by atoms with Crippen molar-refractivity contribution in [1.82, 2.24) is 15.3 Å². The Morgan fingerprint density at radius 2 is 2.00 bits per heavy atom. The van der Waals surface area contributed by atoms with E-state index in [4.69, 9.17) is 4.74 Å². The molecule has 20 heavy (non-hydrogen) atoms. The second kappa shape index (κ2) is 7.26. The number of nitrogens with one attached hydrogen (secondary N) is 1. The molecular weight excluding hydrogens is 270 g/mol. The van der Waals surface area contributed by atoms with E-state index in [1.54, 1.807) is 31.3 Å². The molecular formula is C15H19N3OS. The summed E-state index contributed by atoms with van der Waals surface area (Å²) in [4.78, 5) is 9.94. The lowest BCUT2D eigenvalue weighted by Gasteiger charge is -2.21. The molecule has 0 aliphatic rings. The van der Waals surface area contributed by atoms with E-state index in [0.717, 1.165) is 12.2 Å². The first-order chi connectivity index (χ1) is 9.81. The number of methoxy groups -OCH3 is 1. The Balaban J connectivity index is 2.50. The van der Waals surface area contributed by atoms with Crippen molar-refractivity contribution in [3.05, 3.63) is 47.9 Å². The van der Waals surface area contributed by atoms with Gasteiger partial charge < -0.3 is 10.1 Å². The summed E-state index contributed by atoms with van der Waals surface area (Å²) in [5.74, 6) is 0.564. The average molecular weight is 289 g/mol. The standard InChI is InChI=1S/C15H19N3OS/c1-4-16-13(11-7-5-6-8-12(11)20-3)14-15(19-2)18-10-9-17-14/h5-10,13,16H,4H2,1-3H3. The van der Waals surface area contributed by atoms with Crippen molar-refractivity contribution >= 4 is 11.8 Å². The zero-order valence-corrected chi connectivity index (χ0v) is 12.8. The number of rotatable bonds is 6. The molecule has 1 atom stereocenters. The molecule has 0 aliphatic heterocycles. The Hall–Kier alpha value is -1.59. The quantitative estimate of drug-likeness (QED) is 0.829. The highest BCUT2D eigenvalue weighted by Gasteiger charge is 2.21. The van der Waals surface area contributed by atoms with Gasteiger partial charge in [-0.05, 0) is 24.4 Å². The van der Waals surface area contributed by atoms with Crippen LogP contribution in [-0.2, 0) is 0 Å². The van der Waals surface area contributed by atoms with E-state index in [2.05, 4.69) is 40.6 Å². The van der Waals surface area contributed by atoms with Gasteiger partial charge in [-0.25, -0.2) is 4.98 Å². The molecule has 2 aromatic rings. The third-order valence-electron chi connectivity index (χ3n) is 3.02. The predicted octanol–water partition coefficient (Wildman–Crippen LogP) is 2.91. The van der Waals surface area contributed by atoms with Gasteiger partial charge in [0.15, 0.2) is 0 Å². The summed E-state index contributed by atoms with van der Waals surface area (Å²) in [7, 11) is 1.62. The fourth-order valence-electron chi connectivity index (χ4n) is 2.15. The van der Waals surface area contributed by atoms with Crippen molar-refractivity contribution in [2.45, 2.75) is 17.9 Å². The van der Waals surface area contributed by atoms with Gasteiger partial charge in [-0.2, -0.15) is 0 Å². The lowest BCUT2D eigenvalue weighted by Crippen LogP contribution is -2.24. The highest BCUT2D eigenvalue weighted by atomic mass is 32.2. The number of nitrogens with zero attached hydrogens (tertiary/aromatic N) is 2. The third kappa shape index (κ3) is 3.11. The molecule has 1 unspecified atom stereocenters. The average Bonchev–Trinajstić information content (AvgIpc) is 2.52. The van der Waals surface area contributed by atoms with E-state index >= 15 is 0 Å². The first kappa shape index (κ1) is 14.8. The van der Waals surface area contributed by atoms with E-state index in [-0.39, 0.29) is 6.04 Å². The second-order valence-electron chi connectivity index (χ2n) is 4.18. The predicted molar refractivity (Wildman–Crippen MR) is 82.3 cm³/mol. The van der Waals surface area contributed by atoms with Crippen LogP contribution in [0.3, 0.4) is 0 Å². The third-order valence-corrected chi connectivity index (χ3v) is 3.83. The lowest BCUT2D eigenvalue weighted by molar-refractivity contribution is 0.382. The number of hydrogen-bond acceptors (Lipinski definition) is 5. The maximum atomic E-state index is 5.35. The Morgan fingerprint density at radius 1 is 1.25 bits per heavy atom. The van der Waals surface area contributed by atoms with Crippen molar-refractivity contribution in [3.8, 4) is 5.88 Å². The summed E-state index contributed by atoms with van der Waals surface area (Å²) in [5.41, 5.74) is 2.01. The van der Waals surface area contributed by atoms with E-state index < -0.39 is 0 Å². The van der Waals surface area contributed by atoms with E-state index in [1.807, 2.05) is 12.1 Å². The summed E-state index contributed by atoms with van der Waals surface area (Å²) in [5, 5.41) is 3.47. The maximum Gasteiger partial charge on any atom is 0.237 e. The van der Waals surface area contributed by atoms with Crippen molar-refractivity contribution in [3.63, 3.8) is 0 Å². The minimum Gasteiger partial charge on any atom is -0.480 e. The number of hydrogen-bond donors (Lipinski definition) is 1. The van der Waals surface area contributed by atoms with Gasteiger partial charge in [0, 0.05) is 17.3 Å². The van der Waals surface area contributed by atoms with Crippen LogP contribution in [0, 0.1) is 0 Å². The summed E-state index contributed by atoms with van der Waals surface area (Å²) in [6.07, 6.45) is 5.42. The molecule has 0 spiro atoms. The van der Waals surface area contributed by atoms with Crippen LogP contribution in [0.4, 0.5) is 0 Å². The monoisotopic (exact) mass is 289 g/mol. The van der Waals surface area contributed by atoms with E-state index in [0.29, 0.717) is 5.88 Å². The highest BCUT2D eigenvalue weighted by Crippen LogP contribution is 2.32. The van der Waals surface area contributed by atoms with Crippen LogP contribution in [0.2, 0.25) is 0 Å². The fraction of sp³-hybridized carbons (Fsp3) is 0.333. The molecule has 2 rings (SSSR count). The Morgan fingerprint density at radius 3 is 2.70 bits per heavy atom. The van der Waals surface area contributed by atoms with Crippen molar-refractivity contribution in [2.24, 2.45) is 0 Å². The van der Waals surface area contributed by atoms with Gasteiger partial charge in [0.05, 0.1) is 13.2 Å². The number of ether oxygens (including phenoxy) is 1. The second-order valence-corrected chi connectivity index (χ2v) is 5.03. The van der Waals surface area contributed by atoms with Crippen LogP contribution >= 0.6 is 11.8 Å². The zero-order chi connectivity index (χ0) is 14.4. The smallest absolute Gasteiger partial charge is 0.237 e. The van der Waals surface area contributed by atoms with Crippen LogP contribution in [0.25, 0.3) is 0 Å². The van der Waals surface area contributed by atoms with Gasteiger partial charge in [0.1, 0.15) is 5.69 Å². The number of benzene rings is 1. The van der Waals surface area contributed by atoms with Crippen molar-refractivity contribution < 1.29 is 4.74 Å². The lowest BCUT2D eigenvalue weighted by atomic mass is 10.0. The molecule has 106 valence electrons. The summed E-state index contributed by atoms with van der Waals surface area (Å²) >= 11 is 1.73. The molecule has 1 heterocycles. The molecule has 0 radical (unpaired) electrons. The molecule has 0 amide bonds. The summed E-state index contributed by atoms with van der Waals surface area (Å²) < 4.78 is 5.35. The van der Waals surface area contributed by atoms with Gasteiger partial charge in [-0.15, -0.1) is 11.8 Å². The van der Waals surface area contributed by atoms with Gasteiger partial charge in [0.2, 0.25) is 5.88 Å².